The molecule has 1 aliphatic rings. The van der Waals surface area contributed by atoms with E-state index in [1.807, 2.05) is 19.2 Å². The summed E-state index contributed by atoms with van der Waals surface area (Å²) in [4.78, 5) is 6.93. The molecule has 3 heteroatoms. The van der Waals surface area contributed by atoms with Gasteiger partial charge in [-0.3, -0.25) is 4.90 Å². The molecule has 2 rings (SSSR count). The summed E-state index contributed by atoms with van der Waals surface area (Å²) in [5, 5.41) is 0. The van der Waals surface area contributed by atoms with Crippen molar-refractivity contribution in [3.05, 3.63) is 23.9 Å². The molecule has 0 amide bonds. The normalized spacial score (nSPS) is 20.7. The van der Waals surface area contributed by atoms with E-state index in [2.05, 4.69) is 22.9 Å². The summed E-state index contributed by atoms with van der Waals surface area (Å²) < 4.78 is 5.37. The van der Waals surface area contributed by atoms with Crippen LogP contribution in [0.25, 0.3) is 0 Å². The van der Waals surface area contributed by atoms with Crippen LogP contribution in [-0.4, -0.2) is 29.6 Å². The van der Waals surface area contributed by atoms with Gasteiger partial charge in [0, 0.05) is 18.3 Å². The molecule has 0 N–H and O–H groups in total. The molecule has 0 bridgehead atoms. The molecule has 1 saturated heterocycles. The topological polar surface area (TPSA) is 25.4 Å². The molecule has 0 spiro atoms. The van der Waals surface area contributed by atoms with E-state index in [1.54, 1.807) is 0 Å². The van der Waals surface area contributed by atoms with Crippen molar-refractivity contribution in [3.63, 3.8) is 0 Å². The molecule has 0 saturated carbocycles. The predicted molar refractivity (Wildman–Crippen MR) is 69.2 cm³/mol. The largest absolute Gasteiger partial charge is 0.478 e. The lowest BCUT2D eigenvalue weighted by Gasteiger charge is -2.23. The minimum atomic E-state index is 0.568. The van der Waals surface area contributed by atoms with Crippen LogP contribution in [0.1, 0.15) is 44.7 Å². The van der Waals surface area contributed by atoms with Gasteiger partial charge >= 0.3 is 0 Å². The number of ether oxygens (including phenoxy) is 1. The lowest BCUT2D eigenvalue weighted by Crippen LogP contribution is -2.24. The minimum absolute atomic E-state index is 0.568. The van der Waals surface area contributed by atoms with E-state index in [9.17, 15) is 0 Å². The molecular formula is C14H22N2O. The van der Waals surface area contributed by atoms with Gasteiger partial charge in [-0.05, 0) is 44.8 Å². The highest BCUT2D eigenvalue weighted by Crippen LogP contribution is 2.31. The Balaban J connectivity index is 2.05. The Morgan fingerprint density at radius 1 is 1.41 bits per heavy atom. The van der Waals surface area contributed by atoms with Crippen LogP contribution in [0.15, 0.2) is 18.3 Å². The number of aromatic nitrogens is 1. The Labute approximate surface area is 104 Å². The number of pyridine rings is 1. The fourth-order valence-electron chi connectivity index (χ4n) is 2.58. The van der Waals surface area contributed by atoms with Gasteiger partial charge < -0.3 is 4.74 Å². The number of hydrogen-bond acceptors (Lipinski definition) is 3. The quantitative estimate of drug-likeness (QED) is 0.783. The molecule has 17 heavy (non-hydrogen) atoms. The van der Waals surface area contributed by atoms with Crippen LogP contribution in [0.4, 0.5) is 0 Å². The van der Waals surface area contributed by atoms with Gasteiger partial charge in [0.25, 0.3) is 0 Å². The maximum absolute atomic E-state index is 5.37. The summed E-state index contributed by atoms with van der Waals surface area (Å²) in [5.74, 6) is 0.733. The highest BCUT2D eigenvalue weighted by Gasteiger charge is 2.25. The number of rotatable bonds is 5. The minimum Gasteiger partial charge on any atom is -0.478 e. The molecule has 0 radical (unpaired) electrons. The maximum Gasteiger partial charge on any atom is 0.213 e. The van der Waals surface area contributed by atoms with Crippen LogP contribution < -0.4 is 4.74 Å². The predicted octanol–water partition coefficient (Wildman–Crippen LogP) is 3.03. The fourth-order valence-corrected chi connectivity index (χ4v) is 2.58. The first kappa shape index (κ1) is 12.4. The average molecular weight is 234 g/mol. The zero-order valence-corrected chi connectivity index (χ0v) is 10.9. The number of hydrogen-bond donors (Lipinski definition) is 0. The van der Waals surface area contributed by atoms with Crippen molar-refractivity contribution in [2.45, 2.75) is 39.2 Å². The fraction of sp³-hybridized carbons (Fsp3) is 0.643. The first-order valence-electron chi connectivity index (χ1n) is 6.68. The third-order valence-electron chi connectivity index (χ3n) is 3.31. The second-order valence-electron chi connectivity index (χ2n) is 4.56. The van der Waals surface area contributed by atoms with Crippen molar-refractivity contribution in [3.8, 4) is 5.88 Å². The summed E-state index contributed by atoms with van der Waals surface area (Å²) in [6, 6.07) is 4.72. The second kappa shape index (κ2) is 6.01. The molecule has 1 aromatic rings. The van der Waals surface area contributed by atoms with Gasteiger partial charge in [0.2, 0.25) is 5.88 Å². The van der Waals surface area contributed by atoms with Crippen LogP contribution >= 0.6 is 0 Å². The molecule has 0 aliphatic carbocycles. The van der Waals surface area contributed by atoms with E-state index < -0.39 is 0 Å². The maximum atomic E-state index is 5.37. The number of nitrogens with zero attached hydrogens (tertiary/aromatic N) is 2. The van der Waals surface area contributed by atoms with Crippen LogP contribution in [0.3, 0.4) is 0 Å². The van der Waals surface area contributed by atoms with Gasteiger partial charge in [-0.15, -0.1) is 0 Å². The van der Waals surface area contributed by atoms with Crippen molar-refractivity contribution in [2.24, 2.45) is 0 Å². The molecule has 0 aromatic carbocycles. The van der Waals surface area contributed by atoms with Crippen molar-refractivity contribution in [1.82, 2.24) is 9.88 Å². The van der Waals surface area contributed by atoms with Crippen LogP contribution in [0.5, 0.6) is 5.88 Å². The Morgan fingerprint density at radius 2 is 2.29 bits per heavy atom. The first-order chi connectivity index (χ1) is 8.35. The lowest BCUT2D eigenvalue weighted by molar-refractivity contribution is 0.257. The van der Waals surface area contributed by atoms with Crippen molar-refractivity contribution in [2.75, 3.05) is 19.7 Å². The standard InChI is InChI=1S/C14H22N2O/c1-3-9-16-10-5-6-13(16)12-7-8-14(15-11-12)17-4-2/h7-8,11,13H,3-6,9-10H2,1-2H3/t13-/m0/s1. The third-order valence-corrected chi connectivity index (χ3v) is 3.31. The van der Waals surface area contributed by atoms with E-state index in [0.717, 1.165) is 5.88 Å². The SMILES string of the molecule is CCCN1CCC[C@H]1c1ccc(OCC)nc1. The molecule has 1 atom stereocenters. The molecule has 1 fully saturated rings. The summed E-state index contributed by atoms with van der Waals surface area (Å²) in [6.07, 6.45) is 5.76. The first-order valence-corrected chi connectivity index (χ1v) is 6.68. The number of likely N-dealkylation sites (tertiary alicyclic amines) is 1. The van der Waals surface area contributed by atoms with Crippen molar-refractivity contribution in [1.29, 1.82) is 0 Å². The Hall–Kier alpha value is -1.09. The highest BCUT2D eigenvalue weighted by atomic mass is 16.5. The van der Waals surface area contributed by atoms with Crippen LogP contribution in [-0.2, 0) is 0 Å². The summed E-state index contributed by atoms with van der Waals surface area (Å²) in [6.45, 7) is 7.32. The Morgan fingerprint density at radius 3 is 2.94 bits per heavy atom. The molecule has 2 heterocycles. The van der Waals surface area contributed by atoms with E-state index in [-0.39, 0.29) is 0 Å². The molecule has 0 unspecified atom stereocenters. The Kier molecular flexibility index (Phi) is 4.37. The van der Waals surface area contributed by atoms with E-state index in [4.69, 9.17) is 4.74 Å². The van der Waals surface area contributed by atoms with Gasteiger partial charge in [-0.1, -0.05) is 13.0 Å². The lowest BCUT2D eigenvalue weighted by atomic mass is 10.1. The summed E-state index contributed by atoms with van der Waals surface area (Å²) in [7, 11) is 0. The molecule has 94 valence electrons. The summed E-state index contributed by atoms with van der Waals surface area (Å²) in [5.41, 5.74) is 1.33. The molecule has 1 aromatic heterocycles. The van der Waals surface area contributed by atoms with Crippen molar-refractivity contribution < 1.29 is 4.74 Å². The third kappa shape index (κ3) is 2.97. The molecular weight excluding hydrogens is 212 g/mol. The average Bonchev–Trinajstić information content (AvgIpc) is 2.79. The monoisotopic (exact) mass is 234 g/mol. The van der Waals surface area contributed by atoms with E-state index >= 15 is 0 Å². The zero-order chi connectivity index (χ0) is 12.1. The van der Waals surface area contributed by atoms with Gasteiger partial charge in [0.15, 0.2) is 0 Å². The van der Waals surface area contributed by atoms with Gasteiger partial charge in [-0.2, -0.15) is 0 Å². The smallest absolute Gasteiger partial charge is 0.213 e. The zero-order valence-electron chi connectivity index (χ0n) is 10.9. The second-order valence-corrected chi connectivity index (χ2v) is 4.56. The molecule has 1 aliphatic heterocycles. The Bertz CT molecular complexity index is 337. The van der Waals surface area contributed by atoms with Gasteiger partial charge in [0.05, 0.1) is 6.61 Å². The van der Waals surface area contributed by atoms with Gasteiger partial charge in [0.1, 0.15) is 0 Å². The van der Waals surface area contributed by atoms with Crippen molar-refractivity contribution >= 4 is 0 Å². The van der Waals surface area contributed by atoms with Gasteiger partial charge in [-0.25, -0.2) is 4.98 Å². The van der Waals surface area contributed by atoms with Crippen LogP contribution in [0.2, 0.25) is 0 Å². The summed E-state index contributed by atoms with van der Waals surface area (Å²) >= 11 is 0. The highest BCUT2D eigenvalue weighted by molar-refractivity contribution is 5.21. The molecule has 3 nitrogen and oxygen atoms in total. The van der Waals surface area contributed by atoms with E-state index in [1.165, 1.54) is 37.9 Å². The van der Waals surface area contributed by atoms with Crippen LogP contribution in [0, 0.1) is 0 Å². The van der Waals surface area contributed by atoms with E-state index in [0.29, 0.717) is 12.6 Å².